The summed E-state index contributed by atoms with van der Waals surface area (Å²) in [5.74, 6) is 1.13. The first kappa shape index (κ1) is 27.6. The molecule has 38 heavy (non-hydrogen) atoms. The van der Waals surface area contributed by atoms with E-state index in [-0.39, 0.29) is 12.1 Å². The van der Waals surface area contributed by atoms with Gasteiger partial charge in [-0.1, -0.05) is 43.7 Å². The van der Waals surface area contributed by atoms with E-state index >= 15 is 0 Å². The van der Waals surface area contributed by atoms with Gasteiger partial charge in [-0.2, -0.15) is 0 Å². The van der Waals surface area contributed by atoms with Crippen LogP contribution in [0.15, 0.2) is 47.8 Å². The molecule has 0 unspecified atom stereocenters. The summed E-state index contributed by atoms with van der Waals surface area (Å²) >= 11 is 1.61. The largest absolute Gasteiger partial charge is 0.487 e. The number of carbonyl (C=O) groups excluding carboxylic acids is 1. The molecule has 7 heteroatoms. The Morgan fingerprint density at radius 2 is 1.76 bits per heavy atom. The SMILES string of the molecule is Cc1ccc(-c2c(COC(=O)NC(C)(C)C)c(CC(C)C)nc3ccc(OCc4csc(C)n4)cc23)cc1. The third-order valence-electron chi connectivity index (χ3n) is 5.96. The zero-order valence-electron chi connectivity index (χ0n) is 23.3. The topological polar surface area (TPSA) is 73.3 Å². The first-order valence-electron chi connectivity index (χ1n) is 13.0. The van der Waals surface area contributed by atoms with Crippen molar-refractivity contribution in [1.29, 1.82) is 0 Å². The van der Waals surface area contributed by atoms with Crippen LogP contribution in [0.2, 0.25) is 0 Å². The summed E-state index contributed by atoms with van der Waals surface area (Å²) in [6.07, 6.45) is 0.328. The number of alkyl carbamates (subject to hydrolysis) is 1. The number of amides is 1. The summed E-state index contributed by atoms with van der Waals surface area (Å²) in [6.45, 7) is 14.7. The van der Waals surface area contributed by atoms with Crippen molar-refractivity contribution in [2.45, 2.75) is 73.6 Å². The summed E-state index contributed by atoms with van der Waals surface area (Å²) in [7, 11) is 0. The fraction of sp³-hybridized carbons (Fsp3) is 0.387. The minimum absolute atomic E-state index is 0.124. The molecule has 4 aromatic rings. The summed E-state index contributed by atoms with van der Waals surface area (Å²) in [4.78, 5) is 22.2. The van der Waals surface area contributed by atoms with Crippen molar-refractivity contribution in [2.24, 2.45) is 5.92 Å². The van der Waals surface area contributed by atoms with Gasteiger partial charge in [0.2, 0.25) is 0 Å². The molecule has 6 nitrogen and oxygen atoms in total. The van der Waals surface area contributed by atoms with Crippen LogP contribution in [0.25, 0.3) is 22.0 Å². The molecular formula is C31H37N3O3S. The fourth-order valence-electron chi connectivity index (χ4n) is 4.30. The lowest BCUT2D eigenvalue weighted by Gasteiger charge is -2.22. The molecule has 2 aromatic carbocycles. The van der Waals surface area contributed by atoms with Crippen molar-refractivity contribution in [3.63, 3.8) is 0 Å². The Kier molecular flexibility index (Phi) is 8.36. The van der Waals surface area contributed by atoms with Gasteiger partial charge in [0, 0.05) is 27.6 Å². The maximum absolute atomic E-state index is 12.6. The number of aromatic nitrogens is 2. The van der Waals surface area contributed by atoms with Crippen LogP contribution in [-0.4, -0.2) is 21.6 Å². The molecular weight excluding hydrogens is 494 g/mol. The number of aryl methyl sites for hydroxylation is 2. The Balaban J connectivity index is 1.81. The van der Waals surface area contributed by atoms with Crippen LogP contribution in [0.5, 0.6) is 5.75 Å². The second-order valence-electron chi connectivity index (χ2n) is 11.2. The molecule has 0 spiro atoms. The number of pyridine rings is 1. The smallest absolute Gasteiger partial charge is 0.407 e. The van der Waals surface area contributed by atoms with Gasteiger partial charge in [0.05, 0.1) is 16.2 Å². The first-order valence-corrected chi connectivity index (χ1v) is 13.9. The number of ether oxygens (including phenoxy) is 2. The predicted octanol–water partition coefficient (Wildman–Crippen LogP) is 7.78. The number of thiazole rings is 1. The molecule has 0 aliphatic carbocycles. The van der Waals surface area contributed by atoms with E-state index in [1.807, 2.05) is 51.3 Å². The van der Waals surface area contributed by atoms with Gasteiger partial charge in [-0.25, -0.2) is 9.78 Å². The van der Waals surface area contributed by atoms with Crippen LogP contribution in [-0.2, 0) is 24.4 Å². The maximum Gasteiger partial charge on any atom is 0.407 e. The Morgan fingerprint density at radius 3 is 2.39 bits per heavy atom. The molecule has 2 heterocycles. The number of hydrogen-bond donors (Lipinski definition) is 1. The van der Waals surface area contributed by atoms with E-state index in [1.54, 1.807) is 11.3 Å². The van der Waals surface area contributed by atoms with E-state index < -0.39 is 6.09 Å². The molecule has 0 aliphatic heterocycles. The summed E-state index contributed by atoms with van der Waals surface area (Å²) in [5, 5.41) is 6.89. The normalized spacial score (nSPS) is 11.7. The van der Waals surface area contributed by atoms with E-state index in [0.717, 1.165) is 56.2 Å². The molecule has 0 saturated heterocycles. The average Bonchev–Trinajstić information content (AvgIpc) is 3.25. The van der Waals surface area contributed by atoms with Crippen LogP contribution in [0, 0.1) is 19.8 Å². The number of fused-ring (bicyclic) bond motifs is 1. The van der Waals surface area contributed by atoms with Crippen molar-refractivity contribution in [3.8, 4) is 16.9 Å². The Hall–Kier alpha value is -3.45. The zero-order chi connectivity index (χ0) is 27.4. The lowest BCUT2D eigenvalue weighted by Crippen LogP contribution is -2.40. The summed E-state index contributed by atoms with van der Waals surface area (Å²) in [5.41, 5.74) is 6.52. The van der Waals surface area contributed by atoms with E-state index in [9.17, 15) is 4.79 Å². The van der Waals surface area contributed by atoms with E-state index in [1.165, 1.54) is 5.56 Å². The number of benzene rings is 2. The minimum atomic E-state index is -0.446. The van der Waals surface area contributed by atoms with E-state index in [0.29, 0.717) is 12.5 Å². The number of rotatable bonds is 8. The van der Waals surface area contributed by atoms with Gasteiger partial charge < -0.3 is 14.8 Å². The molecule has 2 aromatic heterocycles. The highest BCUT2D eigenvalue weighted by molar-refractivity contribution is 7.09. The van der Waals surface area contributed by atoms with Gasteiger partial charge in [0.25, 0.3) is 0 Å². The van der Waals surface area contributed by atoms with Crippen molar-refractivity contribution >= 4 is 28.3 Å². The molecule has 4 rings (SSSR count). The fourth-order valence-corrected chi connectivity index (χ4v) is 4.89. The number of carbonyl (C=O) groups is 1. The first-order chi connectivity index (χ1) is 18.0. The zero-order valence-corrected chi connectivity index (χ0v) is 24.2. The second kappa shape index (κ2) is 11.5. The number of nitrogens with one attached hydrogen (secondary N) is 1. The molecule has 200 valence electrons. The molecule has 0 radical (unpaired) electrons. The molecule has 0 fully saturated rings. The standard InChI is InChI=1S/C31H37N3O3S/c1-19(2)14-28-26(17-37-30(35)34-31(5,6)7)29(22-10-8-20(3)9-11-22)25-15-24(12-13-27(25)33-28)36-16-23-18-38-21(4)32-23/h8-13,15,18-19H,14,16-17H2,1-7H3,(H,34,35). The molecule has 0 bridgehead atoms. The summed E-state index contributed by atoms with van der Waals surface area (Å²) < 4.78 is 11.9. The highest BCUT2D eigenvalue weighted by Gasteiger charge is 2.21. The maximum atomic E-state index is 12.6. The van der Waals surface area contributed by atoms with Gasteiger partial charge in [0.1, 0.15) is 19.0 Å². The van der Waals surface area contributed by atoms with Gasteiger partial charge in [-0.15, -0.1) is 11.3 Å². The monoisotopic (exact) mass is 531 g/mol. The predicted molar refractivity (Wildman–Crippen MR) is 155 cm³/mol. The molecule has 1 N–H and O–H groups in total. The minimum Gasteiger partial charge on any atom is -0.487 e. The van der Waals surface area contributed by atoms with E-state index in [2.05, 4.69) is 55.3 Å². The lowest BCUT2D eigenvalue weighted by atomic mass is 9.91. The third kappa shape index (κ3) is 7.10. The quantitative estimate of drug-likeness (QED) is 0.251. The van der Waals surface area contributed by atoms with Crippen LogP contribution < -0.4 is 10.1 Å². The van der Waals surface area contributed by atoms with Crippen LogP contribution in [0.4, 0.5) is 4.79 Å². The van der Waals surface area contributed by atoms with Gasteiger partial charge in [-0.3, -0.25) is 4.98 Å². The molecule has 0 saturated carbocycles. The number of hydrogen-bond acceptors (Lipinski definition) is 6. The van der Waals surface area contributed by atoms with Crippen LogP contribution >= 0.6 is 11.3 Å². The van der Waals surface area contributed by atoms with Crippen molar-refractivity contribution in [1.82, 2.24) is 15.3 Å². The third-order valence-corrected chi connectivity index (χ3v) is 6.79. The van der Waals surface area contributed by atoms with Gasteiger partial charge in [-0.05, 0) is 76.3 Å². The number of nitrogens with zero attached hydrogens (tertiary/aromatic N) is 2. The van der Waals surface area contributed by atoms with Crippen LogP contribution in [0.1, 0.15) is 62.1 Å². The molecule has 0 aliphatic rings. The summed E-state index contributed by atoms with van der Waals surface area (Å²) in [6, 6.07) is 14.4. The van der Waals surface area contributed by atoms with Crippen molar-refractivity contribution in [3.05, 3.63) is 75.4 Å². The van der Waals surface area contributed by atoms with Crippen molar-refractivity contribution in [2.75, 3.05) is 0 Å². The average molecular weight is 532 g/mol. The highest BCUT2D eigenvalue weighted by Crippen LogP contribution is 2.36. The van der Waals surface area contributed by atoms with Crippen molar-refractivity contribution < 1.29 is 14.3 Å². The molecule has 0 atom stereocenters. The lowest BCUT2D eigenvalue weighted by molar-refractivity contribution is 0.131. The highest BCUT2D eigenvalue weighted by atomic mass is 32.1. The molecule has 1 amide bonds. The van der Waals surface area contributed by atoms with Gasteiger partial charge in [0.15, 0.2) is 0 Å². The van der Waals surface area contributed by atoms with Gasteiger partial charge >= 0.3 is 6.09 Å². The Morgan fingerprint density at radius 1 is 1.03 bits per heavy atom. The van der Waals surface area contributed by atoms with E-state index in [4.69, 9.17) is 14.5 Å². The Labute approximate surface area is 229 Å². The van der Waals surface area contributed by atoms with Crippen LogP contribution in [0.3, 0.4) is 0 Å². The second-order valence-corrected chi connectivity index (χ2v) is 12.2. The Bertz CT molecular complexity index is 1420.